The molecule has 0 spiro atoms. The van der Waals surface area contributed by atoms with Gasteiger partial charge in [-0.15, -0.1) is 0 Å². The third-order valence-corrected chi connectivity index (χ3v) is 6.51. The first-order chi connectivity index (χ1) is 17.3. The van der Waals surface area contributed by atoms with Gasteiger partial charge in [0.25, 0.3) is 6.43 Å². The van der Waals surface area contributed by atoms with Crippen molar-refractivity contribution in [3.8, 4) is 11.3 Å². The van der Waals surface area contributed by atoms with Gasteiger partial charge in [0.15, 0.2) is 5.65 Å². The van der Waals surface area contributed by atoms with E-state index in [-0.39, 0.29) is 34.9 Å². The standard InChI is InChI=1S/C25H26F3N7O/c1-16-23-19(24(27)28)11-21(18-12-29-32(2)13-18)30-25(23)35(31-16)15-22(36)34-9-7-33(8-10-34)14-17-5-3-4-6-20(17)26/h3-6,11-13,24H,7-10,14-15H2,1-2H3. The molecule has 4 aromatic rings. The Labute approximate surface area is 205 Å². The number of amides is 1. The fourth-order valence-electron chi connectivity index (χ4n) is 4.62. The summed E-state index contributed by atoms with van der Waals surface area (Å²) in [5.74, 6) is -0.407. The van der Waals surface area contributed by atoms with Crippen LogP contribution in [0.2, 0.25) is 0 Å². The fourth-order valence-corrected chi connectivity index (χ4v) is 4.62. The molecular weight excluding hydrogens is 471 g/mol. The second kappa shape index (κ2) is 9.73. The molecule has 1 saturated heterocycles. The molecule has 3 aromatic heterocycles. The minimum atomic E-state index is -2.72. The van der Waals surface area contributed by atoms with E-state index in [4.69, 9.17) is 0 Å². The van der Waals surface area contributed by atoms with Crippen molar-refractivity contribution in [1.29, 1.82) is 0 Å². The van der Waals surface area contributed by atoms with E-state index in [1.165, 1.54) is 16.8 Å². The Morgan fingerprint density at radius 2 is 1.89 bits per heavy atom. The molecule has 0 aliphatic carbocycles. The number of nitrogens with zero attached hydrogens (tertiary/aromatic N) is 7. The Morgan fingerprint density at radius 1 is 1.14 bits per heavy atom. The molecule has 36 heavy (non-hydrogen) atoms. The van der Waals surface area contributed by atoms with Gasteiger partial charge in [0.1, 0.15) is 12.4 Å². The van der Waals surface area contributed by atoms with E-state index < -0.39 is 6.43 Å². The molecule has 1 amide bonds. The van der Waals surface area contributed by atoms with Gasteiger partial charge in [-0.2, -0.15) is 10.2 Å². The van der Waals surface area contributed by atoms with Crippen molar-refractivity contribution < 1.29 is 18.0 Å². The van der Waals surface area contributed by atoms with E-state index in [9.17, 15) is 18.0 Å². The fraction of sp³-hybridized carbons (Fsp3) is 0.360. The predicted molar refractivity (Wildman–Crippen MR) is 128 cm³/mol. The number of benzene rings is 1. The Morgan fingerprint density at radius 3 is 2.56 bits per heavy atom. The van der Waals surface area contributed by atoms with Gasteiger partial charge in [0.2, 0.25) is 5.91 Å². The van der Waals surface area contributed by atoms with Crippen molar-refractivity contribution in [2.24, 2.45) is 7.05 Å². The minimum absolute atomic E-state index is 0.107. The van der Waals surface area contributed by atoms with E-state index in [1.807, 2.05) is 6.07 Å². The normalized spacial score (nSPS) is 14.8. The highest BCUT2D eigenvalue weighted by molar-refractivity contribution is 5.87. The van der Waals surface area contributed by atoms with Gasteiger partial charge in [-0.05, 0) is 19.1 Å². The van der Waals surface area contributed by atoms with Gasteiger partial charge in [-0.1, -0.05) is 18.2 Å². The zero-order valence-electron chi connectivity index (χ0n) is 20.0. The van der Waals surface area contributed by atoms with E-state index in [2.05, 4.69) is 20.1 Å². The van der Waals surface area contributed by atoms with Crippen LogP contribution >= 0.6 is 0 Å². The Bertz CT molecular complexity index is 1410. The number of hydrogen-bond donors (Lipinski definition) is 0. The second-order valence-electron chi connectivity index (χ2n) is 8.99. The van der Waals surface area contributed by atoms with Crippen molar-refractivity contribution >= 4 is 16.9 Å². The number of pyridine rings is 1. The molecule has 5 rings (SSSR count). The number of carbonyl (C=O) groups excluding carboxylic acids is 1. The summed E-state index contributed by atoms with van der Waals surface area (Å²) in [5.41, 5.74) is 2.05. The number of aryl methyl sites for hydroxylation is 2. The first kappa shape index (κ1) is 24.0. The summed E-state index contributed by atoms with van der Waals surface area (Å²) in [6.07, 6.45) is 0.534. The van der Waals surface area contributed by atoms with Crippen LogP contribution < -0.4 is 0 Å². The van der Waals surface area contributed by atoms with Crippen LogP contribution in [0.15, 0.2) is 42.7 Å². The van der Waals surface area contributed by atoms with Gasteiger partial charge in [0.05, 0.1) is 23.0 Å². The largest absolute Gasteiger partial charge is 0.339 e. The summed E-state index contributed by atoms with van der Waals surface area (Å²) < 4.78 is 44.9. The summed E-state index contributed by atoms with van der Waals surface area (Å²) in [7, 11) is 1.74. The predicted octanol–water partition coefficient (Wildman–Crippen LogP) is 3.56. The Hall–Kier alpha value is -3.73. The molecule has 1 aromatic carbocycles. The first-order valence-electron chi connectivity index (χ1n) is 11.7. The van der Waals surface area contributed by atoms with Crippen LogP contribution in [-0.2, 0) is 24.9 Å². The van der Waals surface area contributed by atoms with Crippen molar-refractivity contribution in [2.75, 3.05) is 26.2 Å². The SMILES string of the molecule is Cc1nn(CC(=O)N2CCN(Cc3ccccc3F)CC2)c2nc(-c3cnn(C)c3)cc(C(F)F)c12. The van der Waals surface area contributed by atoms with Crippen LogP contribution in [0, 0.1) is 12.7 Å². The number of carbonyl (C=O) groups is 1. The van der Waals surface area contributed by atoms with Crippen molar-refractivity contribution in [1.82, 2.24) is 34.3 Å². The van der Waals surface area contributed by atoms with Gasteiger partial charge in [-0.25, -0.2) is 22.8 Å². The summed E-state index contributed by atoms with van der Waals surface area (Å²) in [5, 5.41) is 8.76. The number of rotatable bonds is 6. The zero-order valence-corrected chi connectivity index (χ0v) is 20.0. The third-order valence-electron chi connectivity index (χ3n) is 6.51. The number of alkyl halides is 2. The molecule has 0 atom stereocenters. The average molecular weight is 498 g/mol. The van der Waals surface area contributed by atoms with Crippen LogP contribution in [0.25, 0.3) is 22.3 Å². The van der Waals surface area contributed by atoms with Gasteiger partial charge in [-0.3, -0.25) is 14.4 Å². The summed E-state index contributed by atoms with van der Waals surface area (Å²) in [6, 6.07) is 8.04. The Balaban J connectivity index is 1.34. The van der Waals surface area contributed by atoms with E-state index in [0.29, 0.717) is 55.2 Å². The lowest BCUT2D eigenvalue weighted by molar-refractivity contribution is -0.133. The molecule has 0 bridgehead atoms. The molecule has 11 heteroatoms. The lowest BCUT2D eigenvalue weighted by atomic mass is 10.1. The maximum atomic E-state index is 14.0. The van der Waals surface area contributed by atoms with Crippen molar-refractivity contribution in [3.05, 3.63) is 65.4 Å². The quantitative estimate of drug-likeness (QED) is 0.407. The van der Waals surface area contributed by atoms with Crippen molar-refractivity contribution in [2.45, 2.75) is 26.4 Å². The number of piperazine rings is 1. The monoisotopic (exact) mass is 497 g/mol. The van der Waals surface area contributed by atoms with E-state index >= 15 is 0 Å². The summed E-state index contributed by atoms with van der Waals surface area (Å²) in [4.78, 5) is 21.5. The molecule has 1 aliphatic heterocycles. The molecule has 8 nitrogen and oxygen atoms in total. The molecular formula is C25H26F3N7O. The van der Waals surface area contributed by atoms with Crippen LogP contribution in [-0.4, -0.2) is 66.4 Å². The van der Waals surface area contributed by atoms with Gasteiger partial charge < -0.3 is 4.90 Å². The summed E-state index contributed by atoms with van der Waals surface area (Å²) in [6.45, 7) is 4.21. The lowest BCUT2D eigenvalue weighted by Gasteiger charge is -2.34. The number of aromatic nitrogens is 5. The third kappa shape index (κ3) is 4.70. The van der Waals surface area contributed by atoms with E-state index in [0.717, 1.165) is 0 Å². The number of hydrogen-bond acceptors (Lipinski definition) is 5. The molecule has 1 fully saturated rings. The molecule has 0 radical (unpaired) electrons. The van der Waals surface area contributed by atoms with Gasteiger partial charge >= 0.3 is 0 Å². The second-order valence-corrected chi connectivity index (χ2v) is 8.99. The molecule has 4 heterocycles. The average Bonchev–Trinajstić information content (AvgIpc) is 3.43. The smallest absolute Gasteiger partial charge is 0.264 e. The Kier molecular flexibility index (Phi) is 6.48. The van der Waals surface area contributed by atoms with Crippen molar-refractivity contribution in [3.63, 3.8) is 0 Å². The van der Waals surface area contributed by atoms with Crippen LogP contribution in [0.5, 0.6) is 0 Å². The lowest BCUT2D eigenvalue weighted by Crippen LogP contribution is -2.49. The zero-order chi connectivity index (χ0) is 25.4. The van der Waals surface area contributed by atoms with Gasteiger partial charge in [0, 0.05) is 62.7 Å². The molecule has 1 aliphatic rings. The van der Waals surface area contributed by atoms with Crippen LogP contribution in [0.1, 0.15) is 23.2 Å². The van der Waals surface area contributed by atoms with Crippen LogP contribution in [0.4, 0.5) is 13.2 Å². The number of fused-ring (bicyclic) bond motifs is 1. The summed E-state index contributed by atoms with van der Waals surface area (Å²) >= 11 is 0. The molecule has 0 saturated carbocycles. The minimum Gasteiger partial charge on any atom is -0.339 e. The van der Waals surface area contributed by atoms with E-state index in [1.54, 1.807) is 48.1 Å². The molecule has 0 unspecified atom stereocenters. The molecule has 0 N–H and O–H groups in total. The topological polar surface area (TPSA) is 72.1 Å². The highest BCUT2D eigenvalue weighted by Gasteiger charge is 2.25. The first-order valence-corrected chi connectivity index (χ1v) is 11.7. The number of halogens is 3. The maximum Gasteiger partial charge on any atom is 0.264 e. The van der Waals surface area contributed by atoms with Crippen LogP contribution in [0.3, 0.4) is 0 Å². The maximum absolute atomic E-state index is 14.0. The molecule has 188 valence electrons. The highest BCUT2D eigenvalue weighted by atomic mass is 19.3. The highest BCUT2D eigenvalue weighted by Crippen LogP contribution is 2.33.